The van der Waals surface area contributed by atoms with E-state index in [0.29, 0.717) is 13.2 Å². The lowest BCUT2D eigenvalue weighted by Crippen LogP contribution is -2.48. The molecule has 7 nitrogen and oxygen atoms in total. The molecular formula is C21H23N5O2S. The van der Waals surface area contributed by atoms with E-state index in [2.05, 4.69) is 34.4 Å². The number of hydrogen-bond acceptors (Lipinski definition) is 6. The molecule has 150 valence electrons. The lowest BCUT2D eigenvalue weighted by Gasteiger charge is -2.30. The molecule has 1 aromatic carbocycles. The highest BCUT2D eigenvalue weighted by atomic mass is 32.1. The topological polar surface area (TPSA) is 72.3 Å². The SMILES string of the molecule is Cc1cc2c(cc1-c1cnn(C)c1)OCCN2c1nc2c(s1)C(=O)NC(C)(C)C2. The van der Waals surface area contributed by atoms with E-state index in [4.69, 9.17) is 9.72 Å². The van der Waals surface area contributed by atoms with Gasteiger partial charge < -0.3 is 15.0 Å². The molecule has 3 aromatic rings. The maximum Gasteiger partial charge on any atom is 0.263 e. The standard InChI is InChI=1S/C21H23N5O2S/c1-12-7-16-17(8-14(12)13-10-22-25(4)11-13)28-6-5-26(16)20-23-15-9-21(2,3)24-19(27)18(15)29-20/h7-8,10-11H,5-6,9H2,1-4H3,(H,24,27). The lowest BCUT2D eigenvalue weighted by molar-refractivity contribution is 0.0901. The Morgan fingerprint density at radius 1 is 1.31 bits per heavy atom. The molecule has 0 atom stereocenters. The Balaban J connectivity index is 1.55. The third-order valence-electron chi connectivity index (χ3n) is 5.37. The van der Waals surface area contributed by atoms with Crippen molar-refractivity contribution in [1.82, 2.24) is 20.1 Å². The van der Waals surface area contributed by atoms with Crippen molar-refractivity contribution in [2.24, 2.45) is 7.05 Å². The van der Waals surface area contributed by atoms with Crippen LogP contribution in [-0.4, -0.2) is 39.4 Å². The molecule has 1 amide bonds. The van der Waals surface area contributed by atoms with Crippen LogP contribution >= 0.6 is 11.3 Å². The van der Waals surface area contributed by atoms with Crippen molar-refractivity contribution in [2.45, 2.75) is 32.7 Å². The van der Waals surface area contributed by atoms with Gasteiger partial charge in [-0.1, -0.05) is 11.3 Å². The van der Waals surface area contributed by atoms with E-state index in [0.717, 1.165) is 50.3 Å². The number of anilines is 2. The van der Waals surface area contributed by atoms with Crippen LogP contribution in [0.4, 0.5) is 10.8 Å². The maximum absolute atomic E-state index is 12.5. The molecule has 0 radical (unpaired) electrons. The van der Waals surface area contributed by atoms with Gasteiger partial charge in [0.2, 0.25) is 0 Å². The van der Waals surface area contributed by atoms with Crippen molar-refractivity contribution in [2.75, 3.05) is 18.1 Å². The van der Waals surface area contributed by atoms with Gasteiger partial charge >= 0.3 is 0 Å². The molecule has 0 aliphatic carbocycles. The molecule has 4 heterocycles. The highest BCUT2D eigenvalue weighted by molar-refractivity contribution is 7.17. The van der Waals surface area contributed by atoms with Crippen molar-refractivity contribution in [3.63, 3.8) is 0 Å². The van der Waals surface area contributed by atoms with Crippen LogP contribution in [0.5, 0.6) is 5.75 Å². The first-order chi connectivity index (χ1) is 13.8. The molecule has 0 fully saturated rings. The molecule has 2 aliphatic rings. The first-order valence-electron chi connectivity index (χ1n) is 9.67. The highest BCUT2D eigenvalue weighted by Gasteiger charge is 2.35. The van der Waals surface area contributed by atoms with E-state index >= 15 is 0 Å². The Kier molecular flexibility index (Phi) is 3.96. The smallest absolute Gasteiger partial charge is 0.263 e. The fourth-order valence-electron chi connectivity index (χ4n) is 4.02. The molecule has 2 aliphatic heterocycles. The summed E-state index contributed by atoms with van der Waals surface area (Å²) in [5.74, 6) is 0.801. The van der Waals surface area contributed by atoms with E-state index in [1.54, 1.807) is 4.68 Å². The second-order valence-electron chi connectivity index (χ2n) is 8.32. The van der Waals surface area contributed by atoms with Crippen molar-refractivity contribution in [3.8, 4) is 16.9 Å². The summed E-state index contributed by atoms with van der Waals surface area (Å²) in [4.78, 5) is 20.2. The number of amides is 1. The average molecular weight is 410 g/mol. The van der Waals surface area contributed by atoms with Gasteiger partial charge in [0.05, 0.1) is 24.1 Å². The molecule has 5 rings (SSSR count). The Morgan fingerprint density at radius 2 is 2.14 bits per heavy atom. The molecule has 1 N–H and O–H groups in total. The monoisotopic (exact) mass is 409 g/mol. The Bertz CT molecular complexity index is 1130. The predicted molar refractivity (Wildman–Crippen MR) is 113 cm³/mol. The number of hydrogen-bond donors (Lipinski definition) is 1. The Morgan fingerprint density at radius 3 is 2.90 bits per heavy atom. The van der Waals surface area contributed by atoms with E-state index in [-0.39, 0.29) is 11.4 Å². The fourth-order valence-corrected chi connectivity index (χ4v) is 5.03. The molecule has 8 heteroatoms. The van der Waals surface area contributed by atoms with Crippen molar-refractivity contribution >= 4 is 28.1 Å². The van der Waals surface area contributed by atoms with Crippen LogP contribution in [-0.2, 0) is 13.5 Å². The van der Waals surface area contributed by atoms with E-state index < -0.39 is 0 Å². The third kappa shape index (κ3) is 3.07. The van der Waals surface area contributed by atoms with Gasteiger partial charge in [-0.25, -0.2) is 4.98 Å². The number of carbonyl (C=O) groups is 1. The summed E-state index contributed by atoms with van der Waals surface area (Å²) in [5.41, 5.74) is 4.93. The second-order valence-corrected chi connectivity index (χ2v) is 9.30. The summed E-state index contributed by atoms with van der Waals surface area (Å²) in [6, 6.07) is 4.22. The number of nitrogens with zero attached hydrogens (tertiary/aromatic N) is 4. The number of ether oxygens (including phenoxy) is 1. The van der Waals surface area contributed by atoms with Crippen LogP contribution in [0.25, 0.3) is 11.1 Å². The van der Waals surface area contributed by atoms with Gasteiger partial charge in [-0.2, -0.15) is 5.10 Å². The minimum atomic E-state index is -0.270. The largest absolute Gasteiger partial charge is 0.490 e. The predicted octanol–water partition coefficient (Wildman–Crippen LogP) is 3.45. The van der Waals surface area contributed by atoms with Gasteiger partial charge in [0.1, 0.15) is 17.2 Å². The lowest BCUT2D eigenvalue weighted by atomic mass is 9.94. The molecular weight excluding hydrogens is 386 g/mol. The molecule has 0 saturated heterocycles. The summed E-state index contributed by atoms with van der Waals surface area (Å²) in [5, 5.41) is 8.20. The van der Waals surface area contributed by atoms with Gasteiger partial charge in [0, 0.05) is 30.8 Å². The first kappa shape index (κ1) is 18.2. The summed E-state index contributed by atoms with van der Waals surface area (Å²) in [7, 11) is 1.91. The van der Waals surface area contributed by atoms with Crippen LogP contribution in [0.2, 0.25) is 0 Å². The highest BCUT2D eigenvalue weighted by Crippen LogP contribution is 2.43. The van der Waals surface area contributed by atoms with Crippen LogP contribution < -0.4 is 15.0 Å². The normalized spacial score (nSPS) is 17.4. The molecule has 0 saturated carbocycles. The van der Waals surface area contributed by atoms with Gasteiger partial charge in [-0.3, -0.25) is 9.48 Å². The zero-order valence-electron chi connectivity index (χ0n) is 16.9. The van der Waals surface area contributed by atoms with Crippen LogP contribution in [0.15, 0.2) is 24.5 Å². The van der Waals surface area contributed by atoms with Crippen LogP contribution in [0.3, 0.4) is 0 Å². The fraction of sp³-hybridized carbons (Fsp3) is 0.381. The number of rotatable bonds is 2. The number of thiazole rings is 1. The Labute approximate surface area is 173 Å². The van der Waals surface area contributed by atoms with Crippen LogP contribution in [0, 0.1) is 6.92 Å². The number of nitrogens with one attached hydrogen (secondary N) is 1. The molecule has 29 heavy (non-hydrogen) atoms. The number of carbonyl (C=O) groups excluding carboxylic acids is 1. The first-order valence-corrected chi connectivity index (χ1v) is 10.5. The van der Waals surface area contributed by atoms with E-state index in [9.17, 15) is 4.79 Å². The van der Waals surface area contributed by atoms with Gasteiger partial charge in [0.15, 0.2) is 5.13 Å². The average Bonchev–Trinajstić information content (AvgIpc) is 3.26. The summed E-state index contributed by atoms with van der Waals surface area (Å²) >= 11 is 1.46. The summed E-state index contributed by atoms with van der Waals surface area (Å²) in [6.07, 6.45) is 4.61. The third-order valence-corrected chi connectivity index (χ3v) is 6.49. The summed E-state index contributed by atoms with van der Waals surface area (Å²) in [6.45, 7) is 7.43. The number of aryl methyl sites for hydroxylation is 2. The van der Waals surface area contributed by atoms with Gasteiger partial charge in [-0.05, 0) is 44.0 Å². The zero-order valence-corrected chi connectivity index (χ0v) is 17.8. The van der Waals surface area contributed by atoms with Crippen molar-refractivity contribution < 1.29 is 9.53 Å². The maximum atomic E-state index is 12.5. The summed E-state index contributed by atoms with van der Waals surface area (Å²) < 4.78 is 7.78. The van der Waals surface area contributed by atoms with E-state index in [1.165, 1.54) is 11.3 Å². The minimum absolute atomic E-state index is 0.0309. The molecule has 0 spiro atoms. The van der Waals surface area contributed by atoms with Gasteiger partial charge in [0.25, 0.3) is 5.91 Å². The number of fused-ring (bicyclic) bond motifs is 2. The number of benzene rings is 1. The van der Waals surface area contributed by atoms with E-state index in [1.807, 2.05) is 33.3 Å². The second kappa shape index (κ2) is 6.32. The molecule has 0 unspecified atom stereocenters. The Hall–Kier alpha value is -2.87. The molecule has 0 bridgehead atoms. The van der Waals surface area contributed by atoms with Crippen molar-refractivity contribution in [1.29, 1.82) is 0 Å². The minimum Gasteiger partial charge on any atom is -0.490 e. The van der Waals surface area contributed by atoms with Gasteiger partial charge in [-0.15, -0.1) is 0 Å². The van der Waals surface area contributed by atoms with Crippen molar-refractivity contribution in [3.05, 3.63) is 40.7 Å². The van der Waals surface area contributed by atoms with Crippen LogP contribution in [0.1, 0.15) is 34.8 Å². The number of aromatic nitrogens is 3. The quantitative estimate of drug-likeness (QED) is 0.702. The molecule has 2 aromatic heterocycles. The zero-order chi connectivity index (χ0) is 20.3.